The normalized spacial score (nSPS) is 14.5. The molecular formula is C17H20N2O3S. The first-order valence-corrected chi connectivity index (χ1v) is 9.13. The average molecular weight is 332 g/mol. The number of nitrogens with one attached hydrogen (secondary N) is 1. The molecule has 5 nitrogen and oxygen atoms in total. The molecule has 0 saturated heterocycles. The first-order chi connectivity index (χ1) is 11.0. The molecule has 0 heterocycles. The highest BCUT2D eigenvalue weighted by Gasteiger charge is 2.24. The Morgan fingerprint density at radius 3 is 2.70 bits per heavy atom. The molecule has 0 atom stereocenters. The third-order valence-electron chi connectivity index (χ3n) is 3.74. The first kappa shape index (κ1) is 15.7. The van der Waals surface area contributed by atoms with E-state index in [0.717, 1.165) is 0 Å². The van der Waals surface area contributed by atoms with Crippen molar-refractivity contribution >= 4 is 21.4 Å². The van der Waals surface area contributed by atoms with E-state index in [1.807, 2.05) is 18.2 Å². The lowest BCUT2D eigenvalue weighted by atomic mass is 10.1. The van der Waals surface area contributed by atoms with Gasteiger partial charge in [0.25, 0.3) is 10.0 Å². The summed E-state index contributed by atoms with van der Waals surface area (Å²) in [5.74, 6) is 0.827. The van der Waals surface area contributed by atoms with Crippen molar-refractivity contribution < 1.29 is 13.2 Å². The van der Waals surface area contributed by atoms with Crippen molar-refractivity contribution in [1.82, 2.24) is 0 Å². The highest BCUT2D eigenvalue weighted by Crippen LogP contribution is 2.40. The van der Waals surface area contributed by atoms with Crippen LogP contribution in [-0.4, -0.2) is 15.0 Å². The van der Waals surface area contributed by atoms with Crippen molar-refractivity contribution in [1.29, 1.82) is 0 Å². The molecule has 2 aromatic carbocycles. The fourth-order valence-corrected chi connectivity index (χ4v) is 3.67. The SMILES string of the molecule is CCOc1cc(N)ccc1S(=O)(=O)Nc1cccc(C2CC2)c1. The first-order valence-electron chi connectivity index (χ1n) is 7.64. The minimum atomic E-state index is -3.74. The summed E-state index contributed by atoms with van der Waals surface area (Å²) in [7, 11) is -3.74. The van der Waals surface area contributed by atoms with Gasteiger partial charge in [-0.1, -0.05) is 12.1 Å². The summed E-state index contributed by atoms with van der Waals surface area (Å²) in [5.41, 5.74) is 7.92. The van der Waals surface area contributed by atoms with Crippen LogP contribution in [0.15, 0.2) is 47.4 Å². The fourth-order valence-electron chi connectivity index (χ4n) is 2.50. The molecule has 0 spiro atoms. The predicted molar refractivity (Wildman–Crippen MR) is 91.2 cm³/mol. The minimum absolute atomic E-state index is 0.0883. The van der Waals surface area contributed by atoms with E-state index in [9.17, 15) is 8.42 Å². The molecule has 3 N–H and O–H groups in total. The zero-order chi connectivity index (χ0) is 16.4. The maximum absolute atomic E-state index is 12.7. The van der Waals surface area contributed by atoms with E-state index in [4.69, 9.17) is 10.5 Å². The summed E-state index contributed by atoms with van der Waals surface area (Å²) in [4.78, 5) is 0.0883. The lowest BCUT2D eigenvalue weighted by molar-refractivity contribution is 0.331. The highest BCUT2D eigenvalue weighted by atomic mass is 32.2. The van der Waals surface area contributed by atoms with Gasteiger partial charge in [0, 0.05) is 17.4 Å². The van der Waals surface area contributed by atoms with Crippen molar-refractivity contribution in [2.24, 2.45) is 0 Å². The molecule has 3 rings (SSSR count). The van der Waals surface area contributed by atoms with Gasteiger partial charge < -0.3 is 10.5 Å². The Labute approximate surface area is 136 Å². The summed E-state index contributed by atoms with van der Waals surface area (Å²) in [5, 5.41) is 0. The van der Waals surface area contributed by atoms with Crippen LogP contribution in [0.1, 0.15) is 31.2 Å². The van der Waals surface area contributed by atoms with Gasteiger partial charge >= 0.3 is 0 Å². The monoisotopic (exact) mass is 332 g/mol. The van der Waals surface area contributed by atoms with E-state index < -0.39 is 10.0 Å². The largest absolute Gasteiger partial charge is 0.492 e. The number of benzene rings is 2. The Morgan fingerprint density at radius 2 is 2.00 bits per heavy atom. The molecule has 1 saturated carbocycles. The number of sulfonamides is 1. The number of ether oxygens (including phenoxy) is 1. The summed E-state index contributed by atoms with van der Waals surface area (Å²) in [6.45, 7) is 2.16. The number of nitrogens with two attached hydrogens (primary N) is 1. The Kier molecular flexibility index (Phi) is 4.17. The molecule has 2 aromatic rings. The van der Waals surface area contributed by atoms with Crippen LogP contribution in [0, 0.1) is 0 Å². The molecule has 0 radical (unpaired) electrons. The third-order valence-corrected chi connectivity index (χ3v) is 5.17. The third kappa shape index (κ3) is 3.59. The van der Waals surface area contributed by atoms with Gasteiger partial charge in [-0.3, -0.25) is 4.72 Å². The van der Waals surface area contributed by atoms with Crippen LogP contribution in [0.3, 0.4) is 0 Å². The highest BCUT2D eigenvalue weighted by molar-refractivity contribution is 7.92. The zero-order valence-electron chi connectivity index (χ0n) is 13.0. The molecule has 0 amide bonds. The molecule has 1 aliphatic carbocycles. The van der Waals surface area contributed by atoms with Crippen LogP contribution in [0.4, 0.5) is 11.4 Å². The molecule has 1 aliphatic rings. The standard InChI is InChI=1S/C17H20N2O3S/c1-2-22-16-11-14(18)8-9-17(16)23(20,21)19-15-5-3-4-13(10-15)12-6-7-12/h3-5,8-12,19H,2,6-7,18H2,1H3. The maximum atomic E-state index is 12.7. The van der Waals surface area contributed by atoms with Gasteiger partial charge in [-0.2, -0.15) is 0 Å². The van der Waals surface area contributed by atoms with E-state index in [2.05, 4.69) is 4.72 Å². The molecule has 0 aliphatic heterocycles. The summed E-state index contributed by atoms with van der Waals surface area (Å²) >= 11 is 0. The number of anilines is 2. The van der Waals surface area contributed by atoms with E-state index in [0.29, 0.717) is 23.9 Å². The minimum Gasteiger partial charge on any atom is -0.492 e. The molecule has 0 aromatic heterocycles. The second-order valence-corrected chi connectivity index (χ2v) is 7.30. The van der Waals surface area contributed by atoms with E-state index in [1.54, 1.807) is 19.1 Å². The van der Waals surface area contributed by atoms with Crippen LogP contribution in [-0.2, 0) is 10.0 Å². The van der Waals surface area contributed by atoms with Gasteiger partial charge in [0.2, 0.25) is 0 Å². The van der Waals surface area contributed by atoms with E-state index >= 15 is 0 Å². The second-order valence-electron chi connectivity index (χ2n) is 5.64. The molecule has 0 unspecified atom stereocenters. The molecular weight excluding hydrogens is 312 g/mol. The molecule has 23 heavy (non-hydrogen) atoms. The Morgan fingerprint density at radius 1 is 1.22 bits per heavy atom. The van der Waals surface area contributed by atoms with Crippen LogP contribution in [0.25, 0.3) is 0 Å². The maximum Gasteiger partial charge on any atom is 0.265 e. The van der Waals surface area contributed by atoms with Crippen molar-refractivity contribution in [2.45, 2.75) is 30.6 Å². The van der Waals surface area contributed by atoms with Gasteiger partial charge in [0.05, 0.1) is 6.61 Å². The van der Waals surface area contributed by atoms with Gasteiger partial charge in [0.1, 0.15) is 10.6 Å². The summed E-state index contributed by atoms with van der Waals surface area (Å²) in [6, 6.07) is 12.1. The van der Waals surface area contributed by atoms with Gasteiger partial charge in [-0.15, -0.1) is 0 Å². The van der Waals surface area contributed by atoms with E-state index in [1.165, 1.54) is 30.5 Å². The molecule has 122 valence electrons. The van der Waals surface area contributed by atoms with Crippen LogP contribution in [0.5, 0.6) is 5.75 Å². The van der Waals surface area contributed by atoms with Crippen molar-refractivity contribution in [2.75, 3.05) is 17.1 Å². The van der Waals surface area contributed by atoms with Crippen LogP contribution in [0.2, 0.25) is 0 Å². The predicted octanol–water partition coefficient (Wildman–Crippen LogP) is 3.35. The van der Waals surface area contributed by atoms with Crippen LogP contribution < -0.4 is 15.2 Å². The Bertz CT molecular complexity index is 814. The van der Waals surface area contributed by atoms with Crippen LogP contribution >= 0.6 is 0 Å². The van der Waals surface area contributed by atoms with Gasteiger partial charge in [-0.25, -0.2) is 8.42 Å². The second kappa shape index (κ2) is 6.12. The number of nitrogen functional groups attached to an aromatic ring is 1. The Balaban J connectivity index is 1.91. The molecule has 1 fully saturated rings. The van der Waals surface area contributed by atoms with Gasteiger partial charge in [0.15, 0.2) is 0 Å². The lowest BCUT2D eigenvalue weighted by Crippen LogP contribution is -2.15. The van der Waals surface area contributed by atoms with Crippen molar-refractivity contribution in [3.8, 4) is 5.75 Å². The lowest BCUT2D eigenvalue weighted by Gasteiger charge is -2.13. The van der Waals surface area contributed by atoms with E-state index in [-0.39, 0.29) is 10.6 Å². The number of hydrogen-bond acceptors (Lipinski definition) is 4. The Hall–Kier alpha value is -2.21. The van der Waals surface area contributed by atoms with Crippen molar-refractivity contribution in [3.05, 3.63) is 48.0 Å². The molecule has 0 bridgehead atoms. The van der Waals surface area contributed by atoms with Gasteiger partial charge in [-0.05, 0) is 55.5 Å². The summed E-state index contributed by atoms with van der Waals surface area (Å²) in [6.07, 6.45) is 2.34. The number of hydrogen-bond donors (Lipinski definition) is 2. The zero-order valence-corrected chi connectivity index (χ0v) is 13.8. The average Bonchev–Trinajstić information content (AvgIpc) is 3.32. The quantitative estimate of drug-likeness (QED) is 0.795. The molecule has 6 heteroatoms. The fraction of sp³-hybridized carbons (Fsp3) is 0.294. The van der Waals surface area contributed by atoms with Crippen molar-refractivity contribution in [3.63, 3.8) is 0 Å². The topological polar surface area (TPSA) is 81.4 Å². The smallest absolute Gasteiger partial charge is 0.265 e. The number of rotatable bonds is 6. The summed E-state index contributed by atoms with van der Waals surface area (Å²) < 4.78 is 33.4.